The fourth-order valence-electron chi connectivity index (χ4n) is 2.40. The third-order valence-electron chi connectivity index (χ3n) is 3.72. The molecule has 0 fully saturated rings. The second kappa shape index (κ2) is 7.98. The number of anilines is 3. The Morgan fingerprint density at radius 2 is 1.96 bits per heavy atom. The van der Waals surface area contributed by atoms with Gasteiger partial charge in [-0.3, -0.25) is 0 Å². The number of rotatable bonds is 6. The van der Waals surface area contributed by atoms with E-state index in [1.807, 2.05) is 55.5 Å². The van der Waals surface area contributed by atoms with Gasteiger partial charge in [-0.2, -0.15) is 4.98 Å². The van der Waals surface area contributed by atoms with E-state index < -0.39 is 0 Å². The SMILES string of the molecule is COc1ccccc1CNc1ccnc(Nc2ccc(Br)c(C)c2)n1. The van der Waals surface area contributed by atoms with E-state index in [0.717, 1.165) is 32.9 Å². The van der Waals surface area contributed by atoms with E-state index in [2.05, 4.69) is 36.5 Å². The summed E-state index contributed by atoms with van der Waals surface area (Å²) in [7, 11) is 1.67. The van der Waals surface area contributed by atoms with Gasteiger partial charge in [0.1, 0.15) is 11.6 Å². The van der Waals surface area contributed by atoms with Crippen molar-refractivity contribution in [2.24, 2.45) is 0 Å². The maximum Gasteiger partial charge on any atom is 0.229 e. The first-order valence-electron chi connectivity index (χ1n) is 7.87. The van der Waals surface area contributed by atoms with E-state index in [9.17, 15) is 0 Å². The number of benzene rings is 2. The summed E-state index contributed by atoms with van der Waals surface area (Å²) in [5, 5.41) is 6.53. The molecule has 0 atom stereocenters. The maximum atomic E-state index is 5.37. The number of aryl methyl sites for hydroxylation is 1. The Labute approximate surface area is 155 Å². The van der Waals surface area contributed by atoms with Gasteiger partial charge in [0.25, 0.3) is 0 Å². The summed E-state index contributed by atoms with van der Waals surface area (Å²) in [6.45, 7) is 2.67. The molecule has 0 amide bonds. The van der Waals surface area contributed by atoms with Crippen molar-refractivity contribution in [3.05, 3.63) is 70.3 Å². The highest BCUT2D eigenvalue weighted by Crippen LogP contribution is 2.22. The lowest BCUT2D eigenvalue weighted by Crippen LogP contribution is -2.05. The summed E-state index contributed by atoms with van der Waals surface area (Å²) in [5.41, 5.74) is 3.17. The first kappa shape index (κ1) is 17.2. The molecule has 25 heavy (non-hydrogen) atoms. The number of hydrogen-bond acceptors (Lipinski definition) is 5. The Morgan fingerprint density at radius 1 is 1.12 bits per heavy atom. The molecule has 128 valence electrons. The molecule has 5 nitrogen and oxygen atoms in total. The predicted molar refractivity (Wildman–Crippen MR) is 105 cm³/mol. The molecule has 0 spiro atoms. The highest BCUT2D eigenvalue weighted by Gasteiger charge is 2.04. The van der Waals surface area contributed by atoms with E-state index in [1.54, 1.807) is 13.3 Å². The minimum atomic E-state index is 0.548. The van der Waals surface area contributed by atoms with Crippen LogP contribution in [0, 0.1) is 6.92 Å². The summed E-state index contributed by atoms with van der Waals surface area (Å²) in [5.74, 6) is 2.15. The molecule has 3 rings (SSSR count). The molecule has 0 aliphatic rings. The van der Waals surface area contributed by atoms with Gasteiger partial charge in [-0.15, -0.1) is 0 Å². The normalized spacial score (nSPS) is 10.4. The van der Waals surface area contributed by atoms with Gasteiger partial charge in [-0.05, 0) is 42.8 Å². The average Bonchev–Trinajstić information content (AvgIpc) is 2.63. The number of nitrogens with zero attached hydrogens (tertiary/aromatic N) is 2. The molecule has 0 saturated carbocycles. The van der Waals surface area contributed by atoms with Gasteiger partial charge in [0.2, 0.25) is 5.95 Å². The number of ether oxygens (including phenoxy) is 1. The molecule has 0 bridgehead atoms. The summed E-state index contributed by atoms with van der Waals surface area (Å²) in [4.78, 5) is 8.78. The Balaban J connectivity index is 1.70. The minimum absolute atomic E-state index is 0.548. The zero-order valence-electron chi connectivity index (χ0n) is 14.1. The van der Waals surface area contributed by atoms with E-state index in [1.165, 1.54) is 0 Å². The Morgan fingerprint density at radius 3 is 2.76 bits per heavy atom. The van der Waals surface area contributed by atoms with Crippen LogP contribution in [0.2, 0.25) is 0 Å². The van der Waals surface area contributed by atoms with Gasteiger partial charge in [-0.1, -0.05) is 34.1 Å². The van der Waals surface area contributed by atoms with Crippen LogP contribution in [0.15, 0.2) is 59.2 Å². The van der Waals surface area contributed by atoms with E-state index in [0.29, 0.717) is 12.5 Å². The quantitative estimate of drug-likeness (QED) is 0.617. The van der Waals surface area contributed by atoms with Gasteiger partial charge in [-0.25, -0.2) is 4.98 Å². The number of nitrogens with one attached hydrogen (secondary N) is 2. The fraction of sp³-hybridized carbons (Fsp3) is 0.158. The number of hydrogen-bond donors (Lipinski definition) is 2. The average molecular weight is 399 g/mol. The summed E-state index contributed by atoms with van der Waals surface area (Å²) < 4.78 is 6.44. The Hall–Kier alpha value is -2.60. The van der Waals surface area contributed by atoms with Crippen LogP contribution in [-0.2, 0) is 6.54 Å². The summed E-state index contributed by atoms with van der Waals surface area (Å²) >= 11 is 3.50. The van der Waals surface area contributed by atoms with Crippen LogP contribution in [0.1, 0.15) is 11.1 Å². The van der Waals surface area contributed by atoms with Crippen LogP contribution in [0.25, 0.3) is 0 Å². The second-order valence-corrected chi connectivity index (χ2v) is 6.37. The fourth-order valence-corrected chi connectivity index (χ4v) is 2.65. The zero-order valence-corrected chi connectivity index (χ0v) is 15.7. The van der Waals surface area contributed by atoms with E-state index in [-0.39, 0.29) is 0 Å². The van der Waals surface area contributed by atoms with Crippen LogP contribution >= 0.6 is 15.9 Å². The monoisotopic (exact) mass is 398 g/mol. The summed E-state index contributed by atoms with van der Waals surface area (Å²) in [6, 6.07) is 15.8. The Kier molecular flexibility index (Phi) is 5.50. The third-order valence-corrected chi connectivity index (χ3v) is 4.61. The van der Waals surface area contributed by atoms with Crippen molar-refractivity contribution in [3.8, 4) is 5.75 Å². The largest absolute Gasteiger partial charge is 0.496 e. The molecular weight excluding hydrogens is 380 g/mol. The van der Waals surface area contributed by atoms with Gasteiger partial charge >= 0.3 is 0 Å². The molecule has 1 aromatic heterocycles. The molecule has 0 aliphatic carbocycles. The van der Waals surface area contributed by atoms with Crippen molar-refractivity contribution in [2.45, 2.75) is 13.5 Å². The number of halogens is 1. The molecule has 3 aromatic rings. The van der Waals surface area contributed by atoms with E-state index in [4.69, 9.17) is 4.74 Å². The first-order valence-corrected chi connectivity index (χ1v) is 8.67. The molecule has 0 unspecified atom stereocenters. The van der Waals surface area contributed by atoms with Crippen LogP contribution in [0.5, 0.6) is 5.75 Å². The molecule has 0 saturated heterocycles. The van der Waals surface area contributed by atoms with Crippen LogP contribution in [0.4, 0.5) is 17.5 Å². The van der Waals surface area contributed by atoms with Crippen molar-refractivity contribution in [2.75, 3.05) is 17.7 Å². The van der Waals surface area contributed by atoms with Gasteiger partial charge < -0.3 is 15.4 Å². The van der Waals surface area contributed by atoms with E-state index >= 15 is 0 Å². The third kappa shape index (κ3) is 4.48. The van der Waals surface area contributed by atoms with Gasteiger partial charge in [0.15, 0.2) is 0 Å². The highest BCUT2D eigenvalue weighted by molar-refractivity contribution is 9.10. The van der Waals surface area contributed by atoms with Gasteiger partial charge in [0, 0.05) is 28.5 Å². The standard InChI is InChI=1S/C19H19BrN4O/c1-13-11-15(7-8-16(13)20)23-19-21-10-9-18(24-19)22-12-14-5-3-4-6-17(14)25-2/h3-11H,12H2,1-2H3,(H2,21,22,23,24). The van der Waals surface area contributed by atoms with Crippen molar-refractivity contribution >= 4 is 33.4 Å². The molecule has 1 heterocycles. The van der Waals surface area contributed by atoms with Gasteiger partial charge in [0.05, 0.1) is 7.11 Å². The smallest absolute Gasteiger partial charge is 0.229 e. The van der Waals surface area contributed by atoms with Crippen LogP contribution in [-0.4, -0.2) is 17.1 Å². The van der Waals surface area contributed by atoms with Crippen LogP contribution < -0.4 is 15.4 Å². The number of aromatic nitrogens is 2. The molecule has 2 aromatic carbocycles. The lowest BCUT2D eigenvalue weighted by Gasteiger charge is -2.11. The lowest BCUT2D eigenvalue weighted by atomic mass is 10.2. The van der Waals surface area contributed by atoms with Crippen molar-refractivity contribution in [3.63, 3.8) is 0 Å². The zero-order chi connectivity index (χ0) is 17.6. The molecule has 2 N–H and O–H groups in total. The second-order valence-electron chi connectivity index (χ2n) is 5.52. The minimum Gasteiger partial charge on any atom is -0.496 e. The predicted octanol–water partition coefficient (Wildman–Crippen LogP) is 4.91. The highest BCUT2D eigenvalue weighted by atomic mass is 79.9. The topological polar surface area (TPSA) is 59.1 Å². The molecule has 0 radical (unpaired) electrons. The first-order chi connectivity index (χ1) is 12.2. The van der Waals surface area contributed by atoms with Crippen molar-refractivity contribution in [1.29, 1.82) is 0 Å². The maximum absolute atomic E-state index is 5.37. The van der Waals surface area contributed by atoms with Crippen molar-refractivity contribution < 1.29 is 4.74 Å². The van der Waals surface area contributed by atoms with Crippen molar-refractivity contribution in [1.82, 2.24) is 9.97 Å². The number of methoxy groups -OCH3 is 1. The molecule has 6 heteroatoms. The Bertz CT molecular complexity index is 870. The molecular formula is C19H19BrN4O. The summed E-state index contributed by atoms with van der Waals surface area (Å²) in [6.07, 6.45) is 1.73. The van der Waals surface area contributed by atoms with Crippen LogP contribution in [0.3, 0.4) is 0 Å². The molecule has 0 aliphatic heterocycles. The number of para-hydroxylation sites is 1. The lowest BCUT2D eigenvalue weighted by molar-refractivity contribution is 0.410.